The summed E-state index contributed by atoms with van der Waals surface area (Å²) in [5.41, 5.74) is 11.8. The molecule has 1 aromatic heterocycles. The van der Waals surface area contributed by atoms with E-state index in [4.69, 9.17) is 16.0 Å². The van der Waals surface area contributed by atoms with Crippen LogP contribution >= 0.6 is 0 Å². The maximum atomic E-state index is 5.16. The molecule has 2 amide bonds. The third-order valence-electron chi connectivity index (χ3n) is 1.51. The van der Waals surface area contributed by atoms with Crippen LogP contribution in [0.15, 0.2) is 24.3 Å². The van der Waals surface area contributed by atoms with Gasteiger partial charge >= 0.3 is 6.03 Å². The predicted octanol–water partition coefficient (Wildman–Crippen LogP) is -0.232. The molecule has 1 aromatic carbocycles. The van der Waals surface area contributed by atoms with E-state index in [1.165, 1.54) is 4.85 Å². The molecule has 0 bridgehead atoms. The number of aromatic nitrogens is 3. The number of hydrogen-bond donors (Lipinski definition) is 2. The van der Waals surface area contributed by atoms with Crippen LogP contribution in [0.25, 0.3) is 11.0 Å². The van der Waals surface area contributed by atoms with E-state index in [9.17, 15) is 0 Å². The molecule has 0 aliphatic rings. The van der Waals surface area contributed by atoms with Crippen molar-refractivity contribution in [1.82, 2.24) is 15.2 Å². The van der Waals surface area contributed by atoms with Crippen LogP contribution < -0.4 is 11.5 Å². The Balaban J connectivity index is 2.65. The highest BCUT2D eigenvalue weighted by molar-refractivity contribution is 5.74. The fourth-order valence-corrected chi connectivity index (χ4v) is 1.01. The molecule has 0 atom stereocenters. The van der Waals surface area contributed by atoms with Crippen LogP contribution in [0.2, 0.25) is 0 Å². The SMILES string of the molecule is NC(N)=[O+]n1nnc2ccccc21. The average Bonchev–Trinajstić information content (AvgIpc) is 2.48. The molecule has 6 nitrogen and oxygen atoms in total. The minimum atomic E-state index is -0.171. The van der Waals surface area contributed by atoms with E-state index in [1.807, 2.05) is 18.2 Å². The first-order valence-corrected chi connectivity index (χ1v) is 3.64. The third-order valence-corrected chi connectivity index (χ3v) is 1.51. The summed E-state index contributed by atoms with van der Waals surface area (Å²) in [5, 5.41) is 7.53. The Kier molecular flexibility index (Phi) is 1.59. The van der Waals surface area contributed by atoms with Crippen molar-refractivity contribution in [2.75, 3.05) is 0 Å². The first-order chi connectivity index (χ1) is 6.27. The smallest absolute Gasteiger partial charge is 0.299 e. The number of fused-ring (bicyclic) bond motifs is 1. The Morgan fingerprint density at radius 3 is 2.85 bits per heavy atom. The maximum Gasteiger partial charge on any atom is 0.545 e. The van der Waals surface area contributed by atoms with Gasteiger partial charge in [0.25, 0.3) is 0 Å². The number of carbonyl (C=O) groups excluding carboxylic acids is 1. The van der Waals surface area contributed by atoms with E-state index < -0.39 is 0 Å². The highest BCUT2D eigenvalue weighted by Gasteiger charge is 2.10. The molecule has 0 radical (unpaired) electrons. The fraction of sp³-hybridized carbons (Fsp3) is 0. The van der Waals surface area contributed by atoms with Gasteiger partial charge in [0.2, 0.25) is 0 Å². The molecular weight excluding hydrogens is 170 g/mol. The number of nitrogens with two attached hydrogens (primary N) is 2. The van der Waals surface area contributed by atoms with Gasteiger partial charge in [0.15, 0.2) is 5.52 Å². The molecule has 0 aliphatic heterocycles. The van der Waals surface area contributed by atoms with Gasteiger partial charge < -0.3 is 0 Å². The van der Waals surface area contributed by atoms with Crippen molar-refractivity contribution in [3.63, 3.8) is 0 Å². The number of hydrogen-bond acceptors (Lipinski definition) is 2. The van der Waals surface area contributed by atoms with Crippen LogP contribution in [-0.2, 0) is 0 Å². The zero-order valence-electron chi connectivity index (χ0n) is 6.71. The monoisotopic (exact) mass is 178 g/mol. The van der Waals surface area contributed by atoms with Crippen molar-refractivity contribution in [3.05, 3.63) is 24.3 Å². The summed E-state index contributed by atoms with van der Waals surface area (Å²) < 4.78 is 4.88. The van der Waals surface area contributed by atoms with E-state index in [2.05, 4.69) is 10.3 Å². The lowest BCUT2D eigenvalue weighted by Crippen LogP contribution is -2.22. The van der Waals surface area contributed by atoms with Crippen LogP contribution in [0.1, 0.15) is 0 Å². The number of para-hydroxylation sites is 1. The minimum absolute atomic E-state index is 0.171. The van der Waals surface area contributed by atoms with Gasteiger partial charge in [-0.15, -0.1) is 5.10 Å². The highest BCUT2D eigenvalue weighted by atomic mass is 16.6. The number of amides is 2. The lowest BCUT2D eigenvalue weighted by molar-refractivity contribution is -0.230. The van der Waals surface area contributed by atoms with Gasteiger partial charge in [-0.05, 0) is 16.7 Å². The molecule has 0 fully saturated rings. The van der Waals surface area contributed by atoms with Crippen molar-refractivity contribution in [3.8, 4) is 0 Å². The molecule has 0 spiro atoms. The van der Waals surface area contributed by atoms with E-state index in [0.717, 1.165) is 11.0 Å². The van der Waals surface area contributed by atoms with Crippen molar-refractivity contribution in [2.45, 2.75) is 0 Å². The van der Waals surface area contributed by atoms with E-state index in [0.29, 0.717) is 0 Å². The lowest BCUT2D eigenvalue weighted by atomic mass is 10.3. The topological polar surface area (TPSA) is 94.1 Å². The largest absolute Gasteiger partial charge is 0.545 e. The van der Waals surface area contributed by atoms with Gasteiger partial charge in [-0.1, -0.05) is 12.1 Å². The van der Waals surface area contributed by atoms with Gasteiger partial charge in [0.1, 0.15) is 10.4 Å². The number of nitrogens with zero attached hydrogens (tertiary/aromatic N) is 3. The molecule has 2 aromatic rings. The number of urea groups is 1. The van der Waals surface area contributed by atoms with Gasteiger partial charge in [-0.2, -0.15) is 0 Å². The predicted molar refractivity (Wildman–Crippen MR) is 46.7 cm³/mol. The Labute approximate surface area is 73.4 Å². The molecule has 66 valence electrons. The van der Waals surface area contributed by atoms with Crippen molar-refractivity contribution >= 4 is 17.1 Å². The standard InChI is InChI=1S/C7H8N5O/c8-7(9)13-12-6-4-2-1-3-5(6)10-11-12/h1-4H,8-9H2/q+1. The molecule has 13 heavy (non-hydrogen) atoms. The van der Waals surface area contributed by atoms with Crippen molar-refractivity contribution < 1.29 is 4.53 Å². The van der Waals surface area contributed by atoms with Crippen LogP contribution in [-0.4, -0.2) is 21.2 Å². The summed E-state index contributed by atoms with van der Waals surface area (Å²) in [6.45, 7) is 0. The Bertz CT molecular complexity index is 457. The van der Waals surface area contributed by atoms with Crippen LogP contribution in [0, 0.1) is 0 Å². The number of benzene rings is 1. The second-order valence-electron chi connectivity index (χ2n) is 2.44. The fourth-order valence-electron chi connectivity index (χ4n) is 1.01. The zero-order valence-corrected chi connectivity index (χ0v) is 6.71. The Hall–Kier alpha value is -2.11. The van der Waals surface area contributed by atoms with Crippen LogP contribution in [0.4, 0.5) is 4.53 Å². The molecule has 6 heteroatoms. The summed E-state index contributed by atoms with van der Waals surface area (Å²) in [6.07, 6.45) is 0. The molecule has 1 heterocycles. The summed E-state index contributed by atoms with van der Waals surface area (Å²) >= 11 is 0. The Morgan fingerprint density at radius 1 is 1.31 bits per heavy atom. The van der Waals surface area contributed by atoms with Crippen molar-refractivity contribution in [1.29, 1.82) is 0 Å². The second-order valence-corrected chi connectivity index (χ2v) is 2.44. The van der Waals surface area contributed by atoms with Gasteiger partial charge in [0.05, 0.1) is 0 Å². The summed E-state index contributed by atoms with van der Waals surface area (Å²) in [4.78, 5) is 1.17. The molecule has 2 rings (SSSR count). The summed E-state index contributed by atoms with van der Waals surface area (Å²) in [7, 11) is 0. The first-order valence-electron chi connectivity index (χ1n) is 3.64. The van der Waals surface area contributed by atoms with Gasteiger partial charge in [-0.3, -0.25) is 11.5 Å². The lowest BCUT2D eigenvalue weighted by Gasteiger charge is -1.81. The van der Waals surface area contributed by atoms with Crippen LogP contribution in [0.3, 0.4) is 0 Å². The first kappa shape index (κ1) is 7.53. The Morgan fingerprint density at radius 2 is 2.08 bits per heavy atom. The minimum Gasteiger partial charge on any atom is -0.299 e. The van der Waals surface area contributed by atoms with Gasteiger partial charge in [-0.25, -0.2) is 0 Å². The van der Waals surface area contributed by atoms with E-state index in [1.54, 1.807) is 6.07 Å². The number of primary amides is 2. The normalized spacial score (nSPS) is 10.2. The van der Waals surface area contributed by atoms with Crippen molar-refractivity contribution in [2.24, 2.45) is 11.5 Å². The summed E-state index contributed by atoms with van der Waals surface area (Å²) in [6, 6.07) is 7.15. The van der Waals surface area contributed by atoms with E-state index >= 15 is 0 Å². The quantitative estimate of drug-likeness (QED) is 0.590. The highest BCUT2D eigenvalue weighted by Crippen LogP contribution is 2.10. The molecule has 0 aliphatic carbocycles. The maximum absolute atomic E-state index is 5.16. The molecular formula is C7H8N5O+. The molecule has 0 saturated carbocycles. The van der Waals surface area contributed by atoms with E-state index in [-0.39, 0.29) is 6.03 Å². The second kappa shape index (κ2) is 2.74. The molecule has 0 saturated heterocycles. The molecule has 0 unspecified atom stereocenters. The van der Waals surface area contributed by atoms with Gasteiger partial charge in [0, 0.05) is 5.21 Å². The third kappa shape index (κ3) is 1.28. The average molecular weight is 178 g/mol. The number of rotatable bonds is 1. The summed E-state index contributed by atoms with van der Waals surface area (Å²) in [5.74, 6) is 0. The van der Waals surface area contributed by atoms with Crippen LogP contribution in [0.5, 0.6) is 0 Å². The molecule has 4 N–H and O–H groups in total. The zero-order chi connectivity index (χ0) is 9.26.